The summed E-state index contributed by atoms with van der Waals surface area (Å²) in [5.74, 6) is 1.51. The molecule has 160 valence electrons. The van der Waals surface area contributed by atoms with Crippen molar-refractivity contribution in [2.75, 3.05) is 62.3 Å². The molecule has 4 N–H and O–H groups in total. The average Bonchev–Trinajstić information content (AvgIpc) is 3.50. The van der Waals surface area contributed by atoms with Gasteiger partial charge in [-0.2, -0.15) is 9.97 Å². The van der Waals surface area contributed by atoms with Crippen molar-refractivity contribution in [3.63, 3.8) is 0 Å². The maximum absolute atomic E-state index is 11.2. The third kappa shape index (κ3) is 5.27. The smallest absolute Gasteiger partial charge is 0.303 e. The summed E-state index contributed by atoms with van der Waals surface area (Å²) < 4.78 is 0. The summed E-state index contributed by atoms with van der Waals surface area (Å²) in [5, 5.41) is 12.6. The summed E-state index contributed by atoms with van der Waals surface area (Å²) in [4.78, 5) is 27.2. The predicted molar refractivity (Wildman–Crippen MR) is 113 cm³/mol. The van der Waals surface area contributed by atoms with Crippen molar-refractivity contribution in [1.82, 2.24) is 19.8 Å². The lowest BCUT2D eigenvalue weighted by atomic mass is 9.86. The molecule has 9 nitrogen and oxygen atoms in total. The number of carboxylic acids is 1. The van der Waals surface area contributed by atoms with E-state index in [9.17, 15) is 9.90 Å². The van der Waals surface area contributed by atoms with Crippen molar-refractivity contribution in [1.29, 1.82) is 0 Å². The number of aromatic nitrogens is 2. The van der Waals surface area contributed by atoms with Crippen LogP contribution >= 0.6 is 0 Å². The zero-order chi connectivity index (χ0) is 20.4. The Hall–Kier alpha value is -2.13. The average molecular weight is 404 g/mol. The molecule has 0 unspecified atom stereocenters. The highest BCUT2D eigenvalue weighted by atomic mass is 16.4. The van der Waals surface area contributed by atoms with Crippen LogP contribution < -0.4 is 16.0 Å². The molecule has 3 aliphatic rings. The van der Waals surface area contributed by atoms with Crippen LogP contribution in [0.3, 0.4) is 0 Å². The first kappa shape index (κ1) is 20.2. The van der Waals surface area contributed by atoms with Crippen LogP contribution in [0, 0.1) is 5.92 Å². The third-order valence-corrected chi connectivity index (χ3v) is 6.41. The van der Waals surface area contributed by atoms with E-state index in [1.54, 1.807) is 0 Å². The number of piperazine rings is 1. The van der Waals surface area contributed by atoms with Crippen LogP contribution in [0.2, 0.25) is 0 Å². The van der Waals surface area contributed by atoms with E-state index in [2.05, 4.69) is 37.0 Å². The molecule has 2 aliphatic heterocycles. The van der Waals surface area contributed by atoms with E-state index in [1.165, 1.54) is 12.8 Å². The third-order valence-electron chi connectivity index (χ3n) is 6.41. The summed E-state index contributed by atoms with van der Waals surface area (Å²) >= 11 is 0. The molecule has 2 atom stereocenters. The lowest BCUT2D eigenvalue weighted by molar-refractivity contribution is -0.137. The number of likely N-dealkylation sites (N-methyl/N-ethyl adjacent to an activating group) is 1. The molecule has 9 heteroatoms. The van der Waals surface area contributed by atoms with Crippen LogP contribution in [0.1, 0.15) is 32.1 Å². The van der Waals surface area contributed by atoms with Gasteiger partial charge in [0.1, 0.15) is 11.6 Å². The maximum Gasteiger partial charge on any atom is 0.303 e. The topological polar surface area (TPSA) is 111 Å². The summed E-state index contributed by atoms with van der Waals surface area (Å²) in [6.07, 6.45) is 4.27. The number of nitrogens with two attached hydrogens (primary N) is 1. The minimum absolute atomic E-state index is 0.211. The number of carbonyl (C=O) groups is 1. The molecular formula is C20H33N7O2. The van der Waals surface area contributed by atoms with Gasteiger partial charge in [0.25, 0.3) is 0 Å². The molecule has 4 rings (SSSR count). The van der Waals surface area contributed by atoms with Gasteiger partial charge in [0, 0.05) is 63.8 Å². The lowest BCUT2D eigenvalue weighted by Gasteiger charge is -2.46. The number of nitrogens with zero attached hydrogens (tertiary/aromatic N) is 5. The number of carboxylic acid groups (broad SMARTS) is 1. The fraction of sp³-hybridized carbons (Fsp3) is 0.750. The van der Waals surface area contributed by atoms with Gasteiger partial charge in [0.2, 0.25) is 5.95 Å². The Labute approximate surface area is 172 Å². The van der Waals surface area contributed by atoms with Gasteiger partial charge in [-0.3, -0.25) is 9.69 Å². The Kier molecular flexibility index (Phi) is 6.05. The van der Waals surface area contributed by atoms with Gasteiger partial charge >= 0.3 is 5.97 Å². The highest BCUT2D eigenvalue weighted by molar-refractivity contribution is 5.66. The molecular weight excluding hydrogens is 370 g/mol. The van der Waals surface area contributed by atoms with Crippen molar-refractivity contribution >= 4 is 23.6 Å². The minimum atomic E-state index is -0.721. The lowest BCUT2D eigenvalue weighted by Crippen LogP contribution is -2.56. The number of piperidine rings is 1. The molecule has 0 amide bonds. The van der Waals surface area contributed by atoms with E-state index in [0.717, 1.165) is 57.3 Å². The van der Waals surface area contributed by atoms with Crippen molar-refractivity contribution in [3.8, 4) is 0 Å². The predicted octanol–water partition coefficient (Wildman–Crippen LogP) is 0.940. The molecule has 2 saturated heterocycles. The van der Waals surface area contributed by atoms with Crippen LogP contribution in [0.25, 0.3) is 0 Å². The normalized spacial score (nSPS) is 26.4. The molecule has 1 saturated carbocycles. The number of aliphatic carboxylic acids is 1. The molecule has 1 aliphatic carbocycles. The number of anilines is 3. The van der Waals surface area contributed by atoms with Crippen LogP contribution in [-0.4, -0.2) is 89.2 Å². The first-order valence-corrected chi connectivity index (χ1v) is 10.8. The summed E-state index contributed by atoms with van der Waals surface area (Å²) in [5.41, 5.74) is 5.97. The van der Waals surface area contributed by atoms with Gasteiger partial charge in [-0.15, -0.1) is 0 Å². The summed E-state index contributed by atoms with van der Waals surface area (Å²) in [7, 11) is 2.16. The molecule has 0 aromatic carbocycles. The Morgan fingerprint density at radius 1 is 1.21 bits per heavy atom. The zero-order valence-electron chi connectivity index (χ0n) is 17.3. The highest BCUT2D eigenvalue weighted by Crippen LogP contribution is 2.31. The van der Waals surface area contributed by atoms with Gasteiger partial charge in [-0.25, -0.2) is 0 Å². The van der Waals surface area contributed by atoms with Crippen molar-refractivity contribution in [2.24, 2.45) is 5.92 Å². The van der Waals surface area contributed by atoms with Crippen molar-refractivity contribution < 1.29 is 9.90 Å². The first-order valence-electron chi connectivity index (χ1n) is 10.8. The van der Waals surface area contributed by atoms with E-state index in [4.69, 9.17) is 5.73 Å². The molecule has 1 aromatic rings. The standard InChI is InChI=1S/C20H33N7O2/c1-25-8-10-26(11-9-25)16-6-7-27(13-14(16)2-5-19(28)29)18-12-17(22-15-3-4-15)23-20(21)24-18/h12,14-16H,2-11,13H2,1H3,(H,28,29)(H3,21,22,23,24)/t14-,16+/m1/s1. The van der Waals surface area contributed by atoms with E-state index < -0.39 is 5.97 Å². The van der Waals surface area contributed by atoms with Gasteiger partial charge in [0.05, 0.1) is 0 Å². The Bertz CT molecular complexity index is 719. The second kappa shape index (κ2) is 8.71. The Morgan fingerprint density at radius 2 is 1.97 bits per heavy atom. The zero-order valence-corrected chi connectivity index (χ0v) is 17.3. The molecule has 3 fully saturated rings. The second-order valence-electron chi connectivity index (χ2n) is 8.72. The van der Waals surface area contributed by atoms with E-state index in [1.807, 2.05) is 6.07 Å². The number of nitrogens with one attached hydrogen (secondary N) is 1. The maximum atomic E-state index is 11.2. The fourth-order valence-corrected chi connectivity index (χ4v) is 4.58. The van der Waals surface area contributed by atoms with Gasteiger partial charge in [0.15, 0.2) is 0 Å². The van der Waals surface area contributed by atoms with E-state index in [-0.39, 0.29) is 12.4 Å². The number of hydrogen-bond acceptors (Lipinski definition) is 8. The van der Waals surface area contributed by atoms with E-state index >= 15 is 0 Å². The second-order valence-corrected chi connectivity index (χ2v) is 8.72. The SMILES string of the molecule is CN1CCN([C@H]2CCN(c3cc(NC4CC4)nc(N)n3)C[C@H]2CCC(=O)O)CC1. The Morgan fingerprint density at radius 3 is 2.66 bits per heavy atom. The molecule has 0 spiro atoms. The minimum Gasteiger partial charge on any atom is -0.481 e. The molecule has 29 heavy (non-hydrogen) atoms. The van der Waals surface area contributed by atoms with Crippen LogP contribution in [-0.2, 0) is 4.79 Å². The molecule has 0 radical (unpaired) electrons. The summed E-state index contributed by atoms with van der Waals surface area (Å²) in [6, 6.07) is 2.92. The fourth-order valence-electron chi connectivity index (χ4n) is 4.58. The van der Waals surface area contributed by atoms with Gasteiger partial charge < -0.3 is 26.0 Å². The first-order chi connectivity index (χ1) is 14.0. The number of hydrogen-bond donors (Lipinski definition) is 3. The molecule has 0 bridgehead atoms. The van der Waals surface area contributed by atoms with Crippen LogP contribution in [0.5, 0.6) is 0 Å². The highest BCUT2D eigenvalue weighted by Gasteiger charge is 2.35. The monoisotopic (exact) mass is 403 g/mol. The molecule has 1 aromatic heterocycles. The van der Waals surface area contributed by atoms with Crippen molar-refractivity contribution in [3.05, 3.63) is 6.07 Å². The van der Waals surface area contributed by atoms with Crippen molar-refractivity contribution in [2.45, 2.75) is 44.2 Å². The van der Waals surface area contributed by atoms with Crippen LogP contribution in [0.15, 0.2) is 6.07 Å². The molecule has 3 heterocycles. The number of nitrogen functional groups attached to an aromatic ring is 1. The largest absolute Gasteiger partial charge is 0.481 e. The Balaban J connectivity index is 1.47. The number of rotatable bonds is 7. The van der Waals surface area contributed by atoms with Crippen LogP contribution in [0.4, 0.5) is 17.6 Å². The summed E-state index contributed by atoms with van der Waals surface area (Å²) in [6.45, 7) is 5.97. The van der Waals surface area contributed by atoms with E-state index in [0.29, 0.717) is 24.4 Å². The van der Waals surface area contributed by atoms with Gasteiger partial charge in [-0.1, -0.05) is 0 Å². The van der Waals surface area contributed by atoms with Gasteiger partial charge in [-0.05, 0) is 38.6 Å². The quantitative estimate of drug-likeness (QED) is 0.612.